The second kappa shape index (κ2) is 5.96. The molecular weight excluding hydrogens is 202 g/mol. The number of ether oxygens (including phenoxy) is 1. The Morgan fingerprint density at radius 1 is 1.31 bits per heavy atom. The van der Waals surface area contributed by atoms with Gasteiger partial charge in [0, 0.05) is 44.8 Å². The first-order chi connectivity index (χ1) is 7.75. The molecule has 0 spiro atoms. The summed E-state index contributed by atoms with van der Waals surface area (Å²) in [6, 6.07) is 1.43. The van der Waals surface area contributed by atoms with Gasteiger partial charge in [-0.25, -0.2) is 0 Å². The number of hydrogen-bond donors (Lipinski definition) is 1. The molecule has 2 aliphatic heterocycles. The van der Waals surface area contributed by atoms with E-state index in [2.05, 4.69) is 29.1 Å². The van der Waals surface area contributed by atoms with Crippen LogP contribution < -0.4 is 5.32 Å². The van der Waals surface area contributed by atoms with Crippen LogP contribution in [0.1, 0.15) is 13.3 Å². The predicted molar refractivity (Wildman–Crippen MR) is 65.8 cm³/mol. The molecule has 4 heteroatoms. The van der Waals surface area contributed by atoms with Gasteiger partial charge in [-0.1, -0.05) is 0 Å². The first-order valence-corrected chi connectivity index (χ1v) is 6.49. The largest absolute Gasteiger partial charge is 0.379 e. The fraction of sp³-hybridized carbons (Fsp3) is 1.00. The van der Waals surface area contributed by atoms with Crippen molar-refractivity contribution in [3.05, 3.63) is 0 Å². The zero-order valence-corrected chi connectivity index (χ0v) is 10.6. The average Bonchev–Trinajstić information content (AvgIpc) is 2.60. The maximum atomic E-state index is 5.34. The minimum atomic E-state index is 0.695. The summed E-state index contributed by atoms with van der Waals surface area (Å²) in [4.78, 5) is 4.92. The van der Waals surface area contributed by atoms with Crippen LogP contribution in [0.15, 0.2) is 0 Å². The highest BCUT2D eigenvalue weighted by atomic mass is 16.5. The Balaban J connectivity index is 1.57. The van der Waals surface area contributed by atoms with Crippen LogP contribution in [-0.2, 0) is 4.74 Å². The standard InChI is InChI=1S/C12H25N3O/c1-11-9-12(10-14(11)2)13-3-4-15-5-7-16-8-6-15/h11-13H,3-10H2,1-2H3. The van der Waals surface area contributed by atoms with E-state index in [1.165, 1.54) is 13.0 Å². The van der Waals surface area contributed by atoms with Crippen LogP contribution in [0, 0.1) is 0 Å². The minimum absolute atomic E-state index is 0.695. The summed E-state index contributed by atoms with van der Waals surface area (Å²) in [6.07, 6.45) is 1.29. The van der Waals surface area contributed by atoms with E-state index in [4.69, 9.17) is 4.74 Å². The van der Waals surface area contributed by atoms with Crippen molar-refractivity contribution in [1.82, 2.24) is 15.1 Å². The summed E-state index contributed by atoms with van der Waals surface area (Å²) in [5.41, 5.74) is 0. The van der Waals surface area contributed by atoms with Crippen LogP contribution in [0.4, 0.5) is 0 Å². The highest BCUT2D eigenvalue weighted by molar-refractivity contribution is 4.85. The Labute approximate surface area is 98.9 Å². The molecule has 0 bridgehead atoms. The molecule has 0 amide bonds. The van der Waals surface area contributed by atoms with E-state index in [-0.39, 0.29) is 0 Å². The Bertz CT molecular complexity index is 196. The number of likely N-dealkylation sites (tertiary alicyclic amines) is 1. The summed E-state index contributed by atoms with van der Waals surface area (Å²) in [5.74, 6) is 0. The van der Waals surface area contributed by atoms with E-state index < -0.39 is 0 Å². The molecule has 2 aliphatic rings. The Morgan fingerprint density at radius 3 is 2.69 bits per heavy atom. The fourth-order valence-corrected chi connectivity index (χ4v) is 2.59. The lowest BCUT2D eigenvalue weighted by atomic mass is 10.2. The van der Waals surface area contributed by atoms with Gasteiger partial charge in [0.05, 0.1) is 13.2 Å². The fourth-order valence-electron chi connectivity index (χ4n) is 2.59. The zero-order chi connectivity index (χ0) is 11.4. The monoisotopic (exact) mass is 227 g/mol. The van der Waals surface area contributed by atoms with Gasteiger partial charge in [0.25, 0.3) is 0 Å². The zero-order valence-electron chi connectivity index (χ0n) is 10.6. The molecule has 0 saturated carbocycles. The number of rotatable bonds is 4. The highest BCUT2D eigenvalue weighted by Crippen LogP contribution is 2.14. The topological polar surface area (TPSA) is 27.7 Å². The Hall–Kier alpha value is -0.160. The molecule has 2 heterocycles. The number of nitrogens with one attached hydrogen (secondary N) is 1. The van der Waals surface area contributed by atoms with Gasteiger partial charge in [0.2, 0.25) is 0 Å². The summed E-state index contributed by atoms with van der Waals surface area (Å²) in [7, 11) is 2.22. The van der Waals surface area contributed by atoms with E-state index in [1.54, 1.807) is 0 Å². The molecule has 0 aromatic carbocycles. The molecular formula is C12H25N3O. The van der Waals surface area contributed by atoms with Crippen LogP contribution in [-0.4, -0.2) is 74.9 Å². The summed E-state index contributed by atoms with van der Waals surface area (Å²) < 4.78 is 5.34. The summed E-state index contributed by atoms with van der Waals surface area (Å²) in [6.45, 7) is 9.80. The van der Waals surface area contributed by atoms with Crippen molar-refractivity contribution in [2.45, 2.75) is 25.4 Å². The summed E-state index contributed by atoms with van der Waals surface area (Å²) in [5, 5.41) is 3.67. The number of hydrogen-bond acceptors (Lipinski definition) is 4. The van der Waals surface area contributed by atoms with E-state index in [9.17, 15) is 0 Å². The quantitative estimate of drug-likeness (QED) is 0.732. The van der Waals surface area contributed by atoms with Crippen molar-refractivity contribution in [3.8, 4) is 0 Å². The molecule has 2 saturated heterocycles. The molecule has 1 N–H and O–H groups in total. The molecule has 0 radical (unpaired) electrons. The molecule has 0 aromatic rings. The van der Waals surface area contributed by atoms with Gasteiger partial charge in [-0.05, 0) is 20.4 Å². The molecule has 0 aromatic heterocycles. The number of nitrogens with zero attached hydrogens (tertiary/aromatic N) is 2. The molecule has 2 fully saturated rings. The van der Waals surface area contributed by atoms with Gasteiger partial charge >= 0.3 is 0 Å². The molecule has 2 rings (SSSR count). The van der Waals surface area contributed by atoms with Gasteiger partial charge in [0.15, 0.2) is 0 Å². The van der Waals surface area contributed by atoms with E-state index in [0.29, 0.717) is 6.04 Å². The van der Waals surface area contributed by atoms with Gasteiger partial charge in [-0.2, -0.15) is 0 Å². The van der Waals surface area contributed by atoms with Crippen LogP contribution in [0.25, 0.3) is 0 Å². The second-order valence-electron chi connectivity index (χ2n) is 5.13. The van der Waals surface area contributed by atoms with Crippen LogP contribution in [0.2, 0.25) is 0 Å². The van der Waals surface area contributed by atoms with Crippen molar-refractivity contribution in [2.24, 2.45) is 0 Å². The van der Waals surface area contributed by atoms with Crippen molar-refractivity contribution >= 4 is 0 Å². The molecule has 16 heavy (non-hydrogen) atoms. The third-order valence-electron chi connectivity index (χ3n) is 3.85. The maximum Gasteiger partial charge on any atom is 0.0594 e. The van der Waals surface area contributed by atoms with Gasteiger partial charge < -0.3 is 15.0 Å². The van der Waals surface area contributed by atoms with Crippen molar-refractivity contribution < 1.29 is 4.74 Å². The number of morpholine rings is 1. The Kier molecular flexibility index (Phi) is 4.58. The van der Waals surface area contributed by atoms with Crippen molar-refractivity contribution in [2.75, 3.05) is 53.0 Å². The average molecular weight is 227 g/mol. The molecule has 4 nitrogen and oxygen atoms in total. The normalized spacial score (nSPS) is 33.4. The van der Waals surface area contributed by atoms with Crippen LogP contribution in [0.3, 0.4) is 0 Å². The molecule has 2 unspecified atom stereocenters. The molecule has 2 atom stereocenters. The van der Waals surface area contributed by atoms with E-state index in [1.807, 2.05) is 0 Å². The Morgan fingerprint density at radius 2 is 2.06 bits per heavy atom. The molecule has 0 aliphatic carbocycles. The first kappa shape index (κ1) is 12.3. The first-order valence-electron chi connectivity index (χ1n) is 6.49. The smallest absolute Gasteiger partial charge is 0.0594 e. The third-order valence-corrected chi connectivity index (χ3v) is 3.85. The van der Waals surface area contributed by atoms with Crippen molar-refractivity contribution in [3.63, 3.8) is 0 Å². The van der Waals surface area contributed by atoms with E-state index in [0.717, 1.165) is 45.4 Å². The third kappa shape index (κ3) is 3.42. The minimum Gasteiger partial charge on any atom is -0.379 e. The second-order valence-corrected chi connectivity index (χ2v) is 5.13. The van der Waals surface area contributed by atoms with Crippen LogP contribution >= 0.6 is 0 Å². The van der Waals surface area contributed by atoms with Gasteiger partial charge in [-0.3, -0.25) is 4.90 Å². The predicted octanol–water partition coefficient (Wildman–Crippen LogP) is 0.000800. The summed E-state index contributed by atoms with van der Waals surface area (Å²) >= 11 is 0. The lowest BCUT2D eigenvalue weighted by Gasteiger charge is -2.27. The lowest BCUT2D eigenvalue weighted by Crippen LogP contribution is -2.42. The number of likely N-dealkylation sites (N-methyl/N-ethyl adjacent to an activating group) is 1. The SMILES string of the molecule is CC1CC(NCCN2CCOCC2)CN1C. The van der Waals surface area contributed by atoms with Gasteiger partial charge in [0.1, 0.15) is 0 Å². The van der Waals surface area contributed by atoms with E-state index >= 15 is 0 Å². The van der Waals surface area contributed by atoms with Crippen LogP contribution in [0.5, 0.6) is 0 Å². The van der Waals surface area contributed by atoms with Crippen molar-refractivity contribution in [1.29, 1.82) is 0 Å². The van der Waals surface area contributed by atoms with Gasteiger partial charge in [-0.15, -0.1) is 0 Å². The lowest BCUT2D eigenvalue weighted by molar-refractivity contribution is 0.0381. The highest BCUT2D eigenvalue weighted by Gasteiger charge is 2.25. The molecule has 94 valence electrons. The maximum absolute atomic E-state index is 5.34.